The van der Waals surface area contributed by atoms with E-state index in [1.54, 1.807) is 0 Å². The molecule has 0 aromatic rings. The van der Waals surface area contributed by atoms with Gasteiger partial charge in [-0.15, -0.1) is 0 Å². The molecule has 0 saturated heterocycles. The van der Waals surface area contributed by atoms with E-state index < -0.39 is 63.4 Å². The third-order valence-corrected chi connectivity index (χ3v) is 6.80. The van der Waals surface area contributed by atoms with Crippen LogP contribution in [0.5, 0.6) is 0 Å². The molecule has 0 radical (unpaired) electrons. The van der Waals surface area contributed by atoms with Crippen molar-refractivity contribution in [3.8, 4) is 0 Å². The topological polar surface area (TPSA) is 219 Å². The average molecular weight is 557 g/mol. The number of aliphatic hydroxyl groups is 6. The summed E-state index contributed by atoms with van der Waals surface area (Å²) in [5.41, 5.74) is -0.742. The smallest absolute Gasteiger partial charge is 0.335 e. The first-order valence-electron chi connectivity index (χ1n) is 12.8. The lowest BCUT2D eigenvalue weighted by Gasteiger charge is -2.25. The average Bonchev–Trinajstić information content (AvgIpc) is 2.86. The van der Waals surface area contributed by atoms with Gasteiger partial charge < -0.3 is 35.4 Å². The molecular weight excluding hydrogens is 512 g/mol. The Morgan fingerprint density at radius 1 is 0.784 bits per heavy atom. The maximum atomic E-state index is 12.8. The van der Waals surface area contributed by atoms with Crippen molar-refractivity contribution in [2.75, 3.05) is 19.8 Å². The lowest BCUT2D eigenvalue weighted by molar-refractivity contribution is -0.144. The summed E-state index contributed by atoms with van der Waals surface area (Å²) in [6.45, 7) is 0.461. The number of esters is 1. The number of ketones is 1. The summed E-state index contributed by atoms with van der Waals surface area (Å²) < 4.78 is 38.8. The van der Waals surface area contributed by atoms with Crippen molar-refractivity contribution < 1.29 is 57.9 Å². The molecular formula is C24H44O12S. The van der Waals surface area contributed by atoms with Crippen molar-refractivity contribution in [1.29, 1.82) is 0 Å². The lowest BCUT2D eigenvalue weighted by Crippen LogP contribution is -2.49. The molecule has 218 valence electrons. The van der Waals surface area contributed by atoms with E-state index in [9.17, 15) is 43.0 Å². The number of carbonyl (C=O) groups excluding carboxylic acids is 2. The van der Waals surface area contributed by atoms with Crippen molar-refractivity contribution in [1.82, 2.24) is 0 Å². The van der Waals surface area contributed by atoms with Crippen LogP contribution in [0.25, 0.3) is 0 Å². The number of aliphatic hydroxyl groups excluding tert-OH is 6. The highest BCUT2D eigenvalue weighted by Crippen LogP contribution is 2.24. The Bertz CT molecular complexity index is 796. The summed E-state index contributed by atoms with van der Waals surface area (Å²) in [6, 6.07) is 0. The molecule has 0 rings (SSSR count). The molecule has 0 bridgehead atoms. The number of hydrogen-bond acceptors (Lipinski definition) is 11. The second kappa shape index (κ2) is 19.6. The number of ether oxygens (including phenoxy) is 1. The van der Waals surface area contributed by atoms with Crippen molar-refractivity contribution in [2.24, 2.45) is 0 Å². The zero-order chi connectivity index (χ0) is 28.4. The first kappa shape index (κ1) is 35.5. The van der Waals surface area contributed by atoms with Gasteiger partial charge in [0.2, 0.25) is 5.78 Å². The van der Waals surface area contributed by atoms with E-state index in [1.165, 1.54) is 12.8 Å². The van der Waals surface area contributed by atoms with E-state index in [0.29, 0.717) is 6.42 Å². The summed E-state index contributed by atoms with van der Waals surface area (Å²) in [4.78, 5) is 23.9. The molecule has 12 nitrogen and oxygen atoms in total. The summed E-state index contributed by atoms with van der Waals surface area (Å²) in [5, 5.41) is 57.2. The number of hydrogen-bond donors (Lipinski definition) is 7. The van der Waals surface area contributed by atoms with Gasteiger partial charge in [0.05, 0.1) is 18.8 Å². The van der Waals surface area contributed by atoms with Gasteiger partial charge in [0.1, 0.15) is 24.4 Å². The molecule has 0 aromatic carbocycles. The van der Waals surface area contributed by atoms with E-state index in [1.807, 2.05) is 0 Å². The van der Waals surface area contributed by atoms with Crippen LogP contribution in [-0.2, 0) is 24.4 Å². The largest absolute Gasteiger partial charge is 0.462 e. The molecule has 0 aliphatic rings. The first-order valence-corrected chi connectivity index (χ1v) is 14.2. The van der Waals surface area contributed by atoms with Crippen molar-refractivity contribution in [3.05, 3.63) is 10.5 Å². The fraction of sp³-hybridized carbons (Fsp3) is 0.833. The lowest BCUT2D eigenvalue weighted by atomic mass is 9.97. The van der Waals surface area contributed by atoms with Gasteiger partial charge in [-0.25, -0.2) is 4.79 Å². The van der Waals surface area contributed by atoms with Gasteiger partial charge in [0, 0.05) is 13.0 Å². The highest BCUT2D eigenvalue weighted by atomic mass is 32.2. The van der Waals surface area contributed by atoms with Gasteiger partial charge in [0.15, 0.2) is 4.91 Å². The number of Topliss-reactive ketones (excluding diaryl/α,β-unsaturated/α-hetero) is 1. The van der Waals surface area contributed by atoms with Crippen LogP contribution in [0.4, 0.5) is 0 Å². The van der Waals surface area contributed by atoms with Crippen LogP contribution < -0.4 is 0 Å². The zero-order valence-electron chi connectivity index (χ0n) is 21.5. The summed E-state index contributed by atoms with van der Waals surface area (Å²) in [5.74, 6) is -3.05. The van der Waals surface area contributed by atoms with Crippen LogP contribution in [0.3, 0.4) is 0 Å². The van der Waals surface area contributed by atoms with Crippen LogP contribution in [0, 0.1) is 0 Å². The Kier molecular flexibility index (Phi) is 18.8. The molecule has 13 heteroatoms. The minimum atomic E-state index is -5.42. The van der Waals surface area contributed by atoms with Gasteiger partial charge in [-0.3, -0.25) is 9.35 Å². The Balaban J connectivity index is 5.64. The zero-order valence-corrected chi connectivity index (χ0v) is 22.3. The molecule has 0 unspecified atom stereocenters. The maximum Gasteiger partial charge on any atom is 0.335 e. The third kappa shape index (κ3) is 13.8. The van der Waals surface area contributed by atoms with Gasteiger partial charge in [0.25, 0.3) is 10.1 Å². The second-order valence-electron chi connectivity index (χ2n) is 8.97. The van der Waals surface area contributed by atoms with Crippen molar-refractivity contribution in [3.63, 3.8) is 0 Å². The molecule has 7 N–H and O–H groups in total. The minimum Gasteiger partial charge on any atom is -0.462 e. The van der Waals surface area contributed by atoms with Crippen LogP contribution in [0.1, 0.15) is 84.0 Å². The summed E-state index contributed by atoms with van der Waals surface area (Å²) >= 11 is 0. The Morgan fingerprint density at radius 2 is 1.30 bits per heavy atom. The third-order valence-electron chi connectivity index (χ3n) is 5.84. The fourth-order valence-corrected chi connectivity index (χ4v) is 4.53. The second-order valence-corrected chi connectivity index (χ2v) is 10.3. The van der Waals surface area contributed by atoms with E-state index in [0.717, 1.165) is 38.5 Å². The quantitative estimate of drug-likeness (QED) is 0.0416. The van der Waals surface area contributed by atoms with Gasteiger partial charge in [-0.05, 0) is 12.8 Å². The number of unbranched alkanes of at least 4 members (excludes halogenated alkanes) is 9. The molecule has 0 spiro atoms. The predicted octanol–water partition coefficient (Wildman–Crippen LogP) is 0.370. The Hall–Kier alpha value is -1.45. The normalized spacial score (nSPS) is 16.0. The van der Waals surface area contributed by atoms with E-state index >= 15 is 0 Å². The molecule has 4 atom stereocenters. The fourth-order valence-electron chi connectivity index (χ4n) is 3.66. The van der Waals surface area contributed by atoms with E-state index in [4.69, 9.17) is 14.9 Å². The number of carbonyl (C=O) groups is 2. The Labute approximate surface area is 218 Å². The van der Waals surface area contributed by atoms with Crippen LogP contribution in [-0.4, -0.2) is 99.6 Å². The number of rotatable bonds is 22. The molecule has 0 saturated carbocycles. The molecule has 37 heavy (non-hydrogen) atoms. The molecule has 0 heterocycles. The molecule has 0 amide bonds. The molecule has 0 aromatic heterocycles. The van der Waals surface area contributed by atoms with Crippen molar-refractivity contribution >= 4 is 21.9 Å². The molecule has 0 aliphatic heterocycles. The Morgan fingerprint density at radius 3 is 1.76 bits per heavy atom. The molecule has 0 fully saturated rings. The minimum absolute atomic E-state index is 0.0268. The SMILES string of the molecule is CCCCCCCCCCCCC(C(=O)OCCCO)=C(C(=O)[C@H](O)[C@@H](O)[C@H](O)[C@H](O)CO)S(=O)(=O)O. The van der Waals surface area contributed by atoms with Crippen LogP contribution in [0.2, 0.25) is 0 Å². The van der Waals surface area contributed by atoms with Crippen LogP contribution in [0.15, 0.2) is 10.5 Å². The summed E-state index contributed by atoms with van der Waals surface area (Å²) in [6.07, 6.45) is -0.262. The van der Waals surface area contributed by atoms with Crippen molar-refractivity contribution in [2.45, 2.75) is 108 Å². The highest BCUT2D eigenvalue weighted by Gasteiger charge is 2.41. The maximum absolute atomic E-state index is 12.8. The standard InChI is InChI=1S/C24H44O12S/c1-2-3-4-5-6-7-8-9-10-11-13-17(24(32)36-15-12-14-25)23(37(33,34)35)22(31)21(30)20(29)19(28)18(27)16-26/h18-21,25-30H,2-16H2,1H3,(H,33,34,35)/t18-,19-,20+,21-/m1/s1. The molecule has 0 aliphatic carbocycles. The summed E-state index contributed by atoms with van der Waals surface area (Å²) in [7, 11) is -5.42. The predicted molar refractivity (Wildman–Crippen MR) is 134 cm³/mol. The van der Waals surface area contributed by atoms with Gasteiger partial charge in [-0.1, -0.05) is 64.7 Å². The van der Waals surface area contributed by atoms with E-state index in [2.05, 4.69) is 6.92 Å². The monoisotopic (exact) mass is 556 g/mol. The van der Waals surface area contributed by atoms with Gasteiger partial charge >= 0.3 is 5.97 Å². The highest BCUT2D eigenvalue weighted by molar-refractivity contribution is 7.91. The van der Waals surface area contributed by atoms with Crippen LogP contribution >= 0.6 is 0 Å². The van der Waals surface area contributed by atoms with E-state index in [-0.39, 0.29) is 32.5 Å². The first-order chi connectivity index (χ1) is 17.4. The van der Waals surface area contributed by atoms with Gasteiger partial charge in [-0.2, -0.15) is 8.42 Å².